The number of benzene rings is 3. The second-order valence-electron chi connectivity index (χ2n) is 7.93. The van der Waals surface area contributed by atoms with Crippen LogP contribution in [0.5, 0.6) is 11.5 Å². The smallest absolute Gasteiger partial charge is 0.335 e. The number of carbonyl (C=O) groups excluding carboxylic acids is 1. The zero-order chi connectivity index (χ0) is 23.9. The summed E-state index contributed by atoms with van der Waals surface area (Å²) in [6.45, 7) is 4.89. The lowest BCUT2D eigenvalue weighted by molar-refractivity contribution is -0.156. The van der Waals surface area contributed by atoms with E-state index >= 15 is 0 Å². The molecule has 0 fully saturated rings. The third kappa shape index (κ3) is 5.15. The fourth-order valence-corrected chi connectivity index (χ4v) is 4.23. The summed E-state index contributed by atoms with van der Waals surface area (Å²) in [6.07, 6.45) is 1.98. The third-order valence-corrected chi connectivity index (χ3v) is 5.82. The normalized spacial score (nSPS) is 13.8. The number of hydrogen-bond donors (Lipinski definition) is 0. The average Bonchev–Trinajstić information content (AvgIpc) is 3.18. The molecule has 0 aliphatic heterocycles. The number of ether oxygens (including phenoxy) is 4. The summed E-state index contributed by atoms with van der Waals surface area (Å²) in [4.78, 5) is 12.1. The molecule has 0 radical (unpaired) electrons. The first kappa shape index (κ1) is 23.6. The van der Waals surface area contributed by atoms with E-state index in [1.165, 1.54) is 16.7 Å². The molecule has 0 spiro atoms. The van der Waals surface area contributed by atoms with Crippen LogP contribution in [-0.4, -0.2) is 39.0 Å². The number of carbonyl (C=O) groups is 1. The average molecular weight is 459 g/mol. The molecule has 5 nitrogen and oxygen atoms in total. The Hall–Kier alpha value is -3.57. The predicted octanol–water partition coefficient (Wildman–Crippen LogP) is 5.70. The predicted molar refractivity (Wildman–Crippen MR) is 133 cm³/mol. The van der Waals surface area contributed by atoms with Gasteiger partial charge in [0.05, 0.1) is 13.7 Å². The maximum absolute atomic E-state index is 12.1. The number of hydrogen-bond acceptors (Lipinski definition) is 5. The molecule has 34 heavy (non-hydrogen) atoms. The Kier molecular flexibility index (Phi) is 7.65. The molecular weight excluding hydrogens is 428 g/mol. The summed E-state index contributed by atoms with van der Waals surface area (Å²) >= 11 is 0. The van der Waals surface area contributed by atoms with Crippen molar-refractivity contribution in [3.05, 3.63) is 89.5 Å². The first-order valence-corrected chi connectivity index (χ1v) is 11.6. The minimum atomic E-state index is -0.596. The second-order valence-corrected chi connectivity index (χ2v) is 7.93. The van der Waals surface area contributed by atoms with E-state index in [0.717, 1.165) is 28.2 Å². The van der Waals surface area contributed by atoms with Gasteiger partial charge in [-0.25, -0.2) is 4.79 Å². The number of methoxy groups -OCH3 is 1. The summed E-state index contributed by atoms with van der Waals surface area (Å²) < 4.78 is 22.1. The van der Waals surface area contributed by atoms with Crippen LogP contribution in [0.2, 0.25) is 0 Å². The lowest BCUT2D eigenvalue weighted by Gasteiger charge is -2.15. The van der Waals surface area contributed by atoms with E-state index in [1.807, 2.05) is 37.3 Å². The second kappa shape index (κ2) is 11.0. The van der Waals surface area contributed by atoms with Gasteiger partial charge in [0.15, 0.2) is 6.10 Å². The molecule has 5 heteroatoms. The fourth-order valence-electron chi connectivity index (χ4n) is 4.23. The molecule has 1 aliphatic carbocycles. The summed E-state index contributed by atoms with van der Waals surface area (Å²) in [5, 5.41) is 0. The Labute approximate surface area is 200 Å². The zero-order valence-corrected chi connectivity index (χ0v) is 19.9. The van der Waals surface area contributed by atoms with Crippen LogP contribution >= 0.6 is 0 Å². The van der Waals surface area contributed by atoms with Crippen LogP contribution in [0, 0.1) is 0 Å². The number of fused-ring (bicyclic) bond motifs is 3. The van der Waals surface area contributed by atoms with Gasteiger partial charge >= 0.3 is 5.97 Å². The van der Waals surface area contributed by atoms with Crippen molar-refractivity contribution in [1.82, 2.24) is 0 Å². The minimum Gasteiger partial charge on any atom is -0.497 e. The van der Waals surface area contributed by atoms with Crippen LogP contribution in [-0.2, 0) is 20.7 Å². The van der Waals surface area contributed by atoms with Crippen molar-refractivity contribution in [3.8, 4) is 22.6 Å². The standard InChI is InChI=1S/C29H30O5/c1-4-32-28(29(30)33-5-2)18-20-10-12-21(13-11-20)34-17-16-26-24-9-7-6-8-23(24)25-15-14-22(31-3)19-27(25)26/h6-16,19,28H,4-5,17-18H2,1-3H3. The van der Waals surface area contributed by atoms with Crippen molar-refractivity contribution in [3.63, 3.8) is 0 Å². The number of esters is 1. The molecule has 0 N–H and O–H groups in total. The van der Waals surface area contributed by atoms with E-state index < -0.39 is 6.10 Å². The molecule has 1 aliphatic rings. The lowest BCUT2D eigenvalue weighted by Crippen LogP contribution is -2.28. The van der Waals surface area contributed by atoms with E-state index in [0.29, 0.717) is 26.2 Å². The van der Waals surface area contributed by atoms with Gasteiger partial charge in [-0.15, -0.1) is 0 Å². The minimum absolute atomic E-state index is 0.329. The molecule has 0 saturated heterocycles. The molecule has 4 rings (SSSR count). The highest BCUT2D eigenvalue weighted by Crippen LogP contribution is 2.45. The van der Waals surface area contributed by atoms with Gasteiger partial charge < -0.3 is 18.9 Å². The molecule has 0 saturated carbocycles. The molecule has 0 amide bonds. The van der Waals surface area contributed by atoms with Gasteiger partial charge in [-0.05, 0) is 77.6 Å². The summed E-state index contributed by atoms with van der Waals surface area (Å²) in [6, 6.07) is 22.3. The summed E-state index contributed by atoms with van der Waals surface area (Å²) in [5.74, 6) is 1.27. The van der Waals surface area contributed by atoms with E-state index in [1.54, 1.807) is 14.0 Å². The van der Waals surface area contributed by atoms with Gasteiger partial charge in [-0.3, -0.25) is 0 Å². The monoisotopic (exact) mass is 458 g/mol. The van der Waals surface area contributed by atoms with Gasteiger partial charge in [0, 0.05) is 13.0 Å². The van der Waals surface area contributed by atoms with Gasteiger partial charge in [0.2, 0.25) is 0 Å². The molecule has 0 heterocycles. The Morgan fingerprint density at radius 2 is 1.56 bits per heavy atom. The Balaban J connectivity index is 1.45. The molecular formula is C29H30O5. The third-order valence-electron chi connectivity index (χ3n) is 5.82. The highest BCUT2D eigenvalue weighted by molar-refractivity contribution is 6.01. The highest BCUT2D eigenvalue weighted by Gasteiger charge is 2.23. The highest BCUT2D eigenvalue weighted by atomic mass is 16.6. The van der Waals surface area contributed by atoms with Crippen molar-refractivity contribution in [2.24, 2.45) is 0 Å². The molecule has 0 aromatic heterocycles. The Bertz CT molecular complexity index is 1160. The van der Waals surface area contributed by atoms with Crippen LogP contribution in [0.1, 0.15) is 30.5 Å². The van der Waals surface area contributed by atoms with Crippen LogP contribution in [0.25, 0.3) is 16.7 Å². The fraction of sp³-hybridized carbons (Fsp3) is 0.276. The van der Waals surface area contributed by atoms with Gasteiger partial charge in [0.25, 0.3) is 0 Å². The lowest BCUT2D eigenvalue weighted by atomic mass is 10.0. The molecule has 3 aromatic rings. The van der Waals surface area contributed by atoms with Crippen LogP contribution in [0.4, 0.5) is 0 Å². The van der Waals surface area contributed by atoms with Crippen molar-refractivity contribution < 1.29 is 23.7 Å². The maximum Gasteiger partial charge on any atom is 0.335 e. The summed E-state index contributed by atoms with van der Waals surface area (Å²) in [7, 11) is 1.68. The molecule has 3 aromatic carbocycles. The van der Waals surface area contributed by atoms with E-state index in [-0.39, 0.29) is 5.97 Å². The van der Waals surface area contributed by atoms with Gasteiger partial charge in [0.1, 0.15) is 18.1 Å². The Morgan fingerprint density at radius 3 is 2.26 bits per heavy atom. The van der Waals surface area contributed by atoms with Crippen molar-refractivity contribution in [1.29, 1.82) is 0 Å². The van der Waals surface area contributed by atoms with E-state index in [2.05, 4.69) is 42.5 Å². The largest absolute Gasteiger partial charge is 0.497 e. The van der Waals surface area contributed by atoms with Gasteiger partial charge in [-0.1, -0.05) is 42.5 Å². The molecule has 1 atom stereocenters. The molecule has 176 valence electrons. The SMILES string of the molecule is CCOC(=O)C(Cc1ccc(OCC=C2c3ccccc3-c3ccc(OC)cc32)cc1)OCC. The van der Waals surface area contributed by atoms with Crippen LogP contribution < -0.4 is 9.47 Å². The maximum atomic E-state index is 12.1. The van der Waals surface area contributed by atoms with Crippen molar-refractivity contribution in [2.75, 3.05) is 26.9 Å². The quantitative estimate of drug-likeness (QED) is 0.286. The van der Waals surface area contributed by atoms with Gasteiger partial charge in [-0.2, -0.15) is 0 Å². The van der Waals surface area contributed by atoms with Crippen LogP contribution in [0.15, 0.2) is 72.8 Å². The van der Waals surface area contributed by atoms with E-state index in [9.17, 15) is 4.79 Å². The first-order valence-electron chi connectivity index (χ1n) is 11.6. The topological polar surface area (TPSA) is 54.0 Å². The number of rotatable bonds is 10. The van der Waals surface area contributed by atoms with Crippen LogP contribution in [0.3, 0.4) is 0 Å². The zero-order valence-electron chi connectivity index (χ0n) is 19.9. The Morgan fingerprint density at radius 1 is 0.853 bits per heavy atom. The summed E-state index contributed by atoms with van der Waals surface area (Å²) in [5.41, 5.74) is 6.92. The molecule has 0 bridgehead atoms. The van der Waals surface area contributed by atoms with Crippen molar-refractivity contribution >= 4 is 11.5 Å². The van der Waals surface area contributed by atoms with Crippen molar-refractivity contribution in [2.45, 2.75) is 26.4 Å². The first-order chi connectivity index (χ1) is 16.6. The van der Waals surface area contributed by atoms with E-state index in [4.69, 9.17) is 18.9 Å². The molecule has 1 unspecified atom stereocenters.